The maximum atomic E-state index is 13.0. The van der Waals surface area contributed by atoms with Gasteiger partial charge in [-0.25, -0.2) is 8.42 Å². The van der Waals surface area contributed by atoms with E-state index in [-0.39, 0.29) is 4.90 Å². The zero-order chi connectivity index (χ0) is 17.0. The monoisotopic (exact) mass is 333 g/mol. The van der Waals surface area contributed by atoms with Gasteiger partial charge in [0.05, 0.1) is 17.2 Å². The molecule has 0 N–H and O–H groups in total. The number of anilines is 1. The summed E-state index contributed by atoms with van der Waals surface area (Å²) < 4.78 is 32.8. The molecule has 4 nitrogen and oxygen atoms in total. The second kappa shape index (κ2) is 7.04. The van der Waals surface area contributed by atoms with Crippen molar-refractivity contribution in [2.75, 3.05) is 17.5 Å². The van der Waals surface area contributed by atoms with E-state index in [9.17, 15) is 8.42 Å². The summed E-state index contributed by atoms with van der Waals surface area (Å²) in [5, 5.41) is 0. The Bertz CT molecular complexity index is 767. The molecule has 23 heavy (non-hydrogen) atoms. The van der Waals surface area contributed by atoms with Crippen LogP contribution in [0.5, 0.6) is 5.75 Å². The van der Waals surface area contributed by atoms with Crippen LogP contribution < -0.4 is 9.04 Å². The van der Waals surface area contributed by atoms with Crippen LogP contribution in [0.15, 0.2) is 47.4 Å². The number of hydrogen-bond acceptors (Lipinski definition) is 3. The Hall–Kier alpha value is -2.01. The van der Waals surface area contributed by atoms with Crippen LogP contribution in [0.1, 0.15) is 25.0 Å². The van der Waals surface area contributed by atoms with Crippen molar-refractivity contribution in [1.82, 2.24) is 0 Å². The fourth-order valence-electron chi connectivity index (χ4n) is 2.48. The maximum absolute atomic E-state index is 13.0. The summed E-state index contributed by atoms with van der Waals surface area (Å²) in [7, 11) is -3.60. The summed E-state index contributed by atoms with van der Waals surface area (Å²) in [6, 6.07) is 12.3. The minimum Gasteiger partial charge on any atom is -0.494 e. The van der Waals surface area contributed by atoms with Gasteiger partial charge in [-0.15, -0.1) is 0 Å². The van der Waals surface area contributed by atoms with Gasteiger partial charge in [0.1, 0.15) is 5.75 Å². The van der Waals surface area contributed by atoms with Crippen molar-refractivity contribution in [3.8, 4) is 5.75 Å². The van der Waals surface area contributed by atoms with Crippen LogP contribution in [-0.2, 0) is 10.0 Å². The van der Waals surface area contributed by atoms with Gasteiger partial charge in [-0.2, -0.15) is 0 Å². The molecule has 0 bridgehead atoms. The lowest BCUT2D eigenvalue weighted by Gasteiger charge is -2.25. The Morgan fingerprint density at radius 2 is 1.65 bits per heavy atom. The molecule has 0 aliphatic rings. The quantitative estimate of drug-likeness (QED) is 0.805. The molecule has 2 aromatic rings. The fourth-order valence-corrected chi connectivity index (χ4v) is 4.01. The van der Waals surface area contributed by atoms with E-state index in [0.29, 0.717) is 18.9 Å². The van der Waals surface area contributed by atoms with Crippen molar-refractivity contribution in [1.29, 1.82) is 0 Å². The lowest BCUT2D eigenvalue weighted by molar-refractivity contribution is 0.340. The third kappa shape index (κ3) is 3.50. The molecule has 5 heteroatoms. The minimum atomic E-state index is -3.60. The summed E-state index contributed by atoms with van der Waals surface area (Å²) >= 11 is 0. The lowest BCUT2D eigenvalue weighted by Crippen LogP contribution is -2.31. The number of aryl methyl sites for hydroxylation is 1. The normalized spacial score (nSPS) is 11.3. The molecule has 0 aliphatic carbocycles. The predicted molar refractivity (Wildman–Crippen MR) is 93.7 cm³/mol. The van der Waals surface area contributed by atoms with Crippen LogP contribution in [0.2, 0.25) is 0 Å². The third-order valence-corrected chi connectivity index (χ3v) is 5.76. The van der Waals surface area contributed by atoms with E-state index in [4.69, 9.17) is 4.74 Å². The Morgan fingerprint density at radius 1 is 1.00 bits per heavy atom. The van der Waals surface area contributed by atoms with Crippen molar-refractivity contribution >= 4 is 15.7 Å². The van der Waals surface area contributed by atoms with Crippen LogP contribution in [0.25, 0.3) is 0 Å². The molecule has 0 radical (unpaired) electrons. The van der Waals surface area contributed by atoms with Crippen LogP contribution in [0.4, 0.5) is 5.69 Å². The number of nitrogens with zero attached hydrogens (tertiary/aromatic N) is 1. The van der Waals surface area contributed by atoms with E-state index < -0.39 is 10.0 Å². The molecule has 124 valence electrons. The van der Waals surface area contributed by atoms with Crippen molar-refractivity contribution in [2.45, 2.75) is 32.6 Å². The van der Waals surface area contributed by atoms with Gasteiger partial charge >= 0.3 is 0 Å². The Balaban J connectivity index is 2.45. The first-order valence-corrected chi connectivity index (χ1v) is 9.17. The molecular formula is C18H23NO3S. The standard InChI is InChI=1S/C18H23NO3S/c1-5-19(18-9-7-8-14(3)15(18)4)23(20,21)17-12-10-16(11-13-17)22-6-2/h7-13H,5-6H2,1-4H3. The van der Waals surface area contributed by atoms with Gasteiger partial charge in [-0.3, -0.25) is 4.31 Å². The molecule has 0 saturated carbocycles. The number of hydrogen-bond donors (Lipinski definition) is 0. The molecule has 0 aliphatic heterocycles. The zero-order valence-corrected chi connectivity index (χ0v) is 14.9. The number of benzene rings is 2. The van der Waals surface area contributed by atoms with E-state index in [1.165, 1.54) is 4.31 Å². The second-order valence-corrected chi connectivity index (χ2v) is 7.16. The summed E-state index contributed by atoms with van der Waals surface area (Å²) in [5.41, 5.74) is 2.77. The van der Waals surface area contributed by atoms with Gasteiger partial charge in [-0.05, 0) is 69.2 Å². The molecule has 2 rings (SSSR count). The first-order chi connectivity index (χ1) is 10.9. The first-order valence-electron chi connectivity index (χ1n) is 7.73. The van der Waals surface area contributed by atoms with Gasteiger partial charge in [0, 0.05) is 6.54 Å². The average Bonchev–Trinajstić information content (AvgIpc) is 2.53. The van der Waals surface area contributed by atoms with Crippen molar-refractivity contribution in [3.05, 3.63) is 53.6 Å². The van der Waals surface area contributed by atoms with Crippen molar-refractivity contribution in [3.63, 3.8) is 0 Å². The molecule has 0 heterocycles. The highest BCUT2D eigenvalue weighted by atomic mass is 32.2. The highest BCUT2D eigenvalue weighted by Crippen LogP contribution is 2.29. The van der Waals surface area contributed by atoms with Crippen LogP contribution in [0, 0.1) is 13.8 Å². The fraction of sp³-hybridized carbons (Fsp3) is 0.333. The first kappa shape index (κ1) is 17.3. The topological polar surface area (TPSA) is 46.6 Å². The van der Waals surface area contributed by atoms with Crippen LogP contribution in [-0.4, -0.2) is 21.6 Å². The molecule has 0 spiro atoms. The van der Waals surface area contributed by atoms with E-state index in [1.54, 1.807) is 24.3 Å². The lowest BCUT2D eigenvalue weighted by atomic mass is 10.1. The average molecular weight is 333 g/mol. The Morgan fingerprint density at radius 3 is 2.22 bits per heavy atom. The van der Waals surface area contributed by atoms with Gasteiger partial charge < -0.3 is 4.74 Å². The summed E-state index contributed by atoms with van der Waals surface area (Å²) in [6.45, 7) is 8.59. The van der Waals surface area contributed by atoms with Gasteiger partial charge in [-0.1, -0.05) is 12.1 Å². The molecule has 0 fully saturated rings. The third-order valence-electron chi connectivity index (χ3n) is 3.85. The molecule has 0 aromatic heterocycles. The van der Waals surface area contributed by atoms with Crippen molar-refractivity contribution in [2.24, 2.45) is 0 Å². The van der Waals surface area contributed by atoms with Crippen molar-refractivity contribution < 1.29 is 13.2 Å². The summed E-state index contributed by atoms with van der Waals surface area (Å²) in [6.07, 6.45) is 0. The largest absolute Gasteiger partial charge is 0.494 e. The van der Waals surface area contributed by atoms with Crippen LogP contribution >= 0.6 is 0 Å². The summed E-state index contributed by atoms with van der Waals surface area (Å²) in [4.78, 5) is 0.267. The second-order valence-electron chi connectivity index (χ2n) is 5.29. The zero-order valence-electron chi connectivity index (χ0n) is 14.0. The maximum Gasteiger partial charge on any atom is 0.264 e. The smallest absolute Gasteiger partial charge is 0.264 e. The Kier molecular flexibility index (Phi) is 5.31. The van der Waals surface area contributed by atoms with E-state index in [2.05, 4.69) is 0 Å². The molecule has 0 saturated heterocycles. The Labute approximate surface area is 138 Å². The molecular weight excluding hydrogens is 310 g/mol. The molecule has 0 amide bonds. The number of rotatable bonds is 6. The summed E-state index contributed by atoms with van der Waals surface area (Å²) in [5.74, 6) is 0.668. The number of ether oxygens (including phenoxy) is 1. The molecule has 0 atom stereocenters. The molecule has 2 aromatic carbocycles. The van der Waals surface area contributed by atoms with Gasteiger partial charge in [0.2, 0.25) is 0 Å². The van der Waals surface area contributed by atoms with E-state index >= 15 is 0 Å². The predicted octanol–water partition coefficient (Wildman–Crippen LogP) is 3.92. The van der Waals surface area contributed by atoms with Gasteiger partial charge in [0.15, 0.2) is 0 Å². The molecule has 0 unspecified atom stereocenters. The SMILES string of the molecule is CCOc1ccc(S(=O)(=O)N(CC)c2cccc(C)c2C)cc1. The number of sulfonamides is 1. The van der Waals surface area contributed by atoms with Crippen LogP contribution in [0.3, 0.4) is 0 Å². The highest BCUT2D eigenvalue weighted by Gasteiger charge is 2.25. The minimum absolute atomic E-state index is 0.267. The van der Waals surface area contributed by atoms with E-state index in [1.807, 2.05) is 45.9 Å². The van der Waals surface area contributed by atoms with Gasteiger partial charge in [0.25, 0.3) is 10.0 Å². The van der Waals surface area contributed by atoms with E-state index in [0.717, 1.165) is 16.8 Å². The highest BCUT2D eigenvalue weighted by molar-refractivity contribution is 7.92.